The number of hydrogen-bond donors (Lipinski definition) is 1. The molecule has 17 heavy (non-hydrogen) atoms. The van der Waals surface area contributed by atoms with Gasteiger partial charge in [-0.3, -0.25) is 4.90 Å². The van der Waals surface area contributed by atoms with Gasteiger partial charge in [-0.25, -0.2) is 0 Å². The van der Waals surface area contributed by atoms with Crippen LogP contribution in [0, 0.1) is 0 Å². The molecule has 94 valence electrons. The minimum absolute atomic E-state index is 0.0125. The van der Waals surface area contributed by atoms with Crippen LogP contribution in [0.3, 0.4) is 0 Å². The number of ether oxygens (including phenoxy) is 1. The maximum atomic E-state index is 5.39. The summed E-state index contributed by atoms with van der Waals surface area (Å²) < 4.78 is 5.39. The largest absolute Gasteiger partial charge is 0.379 e. The lowest BCUT2D eigenvalue weighted by Gasteiger charge is -2.37. The summed E-state index contributed by atoms with van der Waals surface area (Å²) in [4.78, 5) is 2.47. The van der Waals surface area contributed by atoms with Crippen LogP contribution in [0.1, 0.15) is 12.5 Å². The summed E-state index contributed by atoms with van der Waals surface area (Å²) in [6.45, 7) is 7.06. The molecular formula is C14H22N2O. The second kappa shape index (κ2) is 5.63. The van der Waals surface area contributed by atoms with E-state index in [9.17, 15) is 0 Å². The van der Waals surface area contributed by atoms with Crippen molar-refractivity contribution in [1.82, 2.24) is 10.2 Å². The van der Waals surface area contributed by atoms with Gasteiger partial charge in [0.1, 0.15) is 0 Å². The lowest BCUT2D eigenvalue weighted by atomic mass is 9.91. The molecule has 0 amide bonds. The summed E-state index contributed by atoms with van der Waals surface area (Å²) in [6, 6.07) is 10.6. The predicted molar refractivity (Wildman–Crippen MR) is 70.1 cm³/mol. The Morgan fingerprint density at radius 3 is 2.47 bits per heavy atom. The van der Waals surface area contributed by atoms with Crippen LogP contribution < -0.4 is 5.32 Å². The first kappa shape index (κ1) is 12.6. The minimum atomic E-state index is 0.0125. The number of nitrogens with zero attached hydrogens (tertiary/aromatic N) is 1. The van der Waals surface area contributed by atoms with Crippen molar-refractivity contribution in [2.75, 3.05) is 39.9 Å². The standard InChI is InChI=1S/C14H22N2O/c1-14(15-2,13-6-4-3-5-7-13)12-16-8-10-17-11-9-16/h3-7,15H,8-12H2,1-2H3/t14-/m1/s1. The molecule has 0 aliphatic carbocycles. The normalized spacial score (nSPS) is 21.1. The number of rotatable bonds is 4. The molecule has 1 N–H and O–H groups in total. The van der Waals surface area contributed by atoms with E-state index in [2.05, 4.69) is 47.5 Å². The molecule has 0 saturated carbocycles. The average molecular weight is 234 g/mol. The molecule has 2 rings (SSSR count). The second-order valence-corrected chi connectivity index (χ2v) is 4.84. The van der Waals surface area contributed by atoms with E-state index in [1.165, 1.54) is 5.56 Å². The maximum absolute atomic E-state index is 5.39. The average Bonchev–Trinajstić information content (AvgIpc) is 2.41. The van der Waals surface area contributed by atoms with E-state index in [4.69, 9.17) is 4.74 Å². The Bertz CT molecular complexity index is 335. The van der Waals surface area contributed by atoms with Gasteiger partial charge >= 0.3 is 0 Å². The second-order valence-electron chi connectivity index (χ2n) is 4.84. The van der Waals surface area contributed by atoms with Gasteiger partial charge in [-0.2, -0.15) is 0 Å². The molecule has 3 nitrogen and oxygen atoms in total. The van der Waals surface area contributed by atoms with Crippen LogP contribution in [0.4, 0.5) is 0 Å². The van der Waals surface area contributed by atoms with Gasteiger partial charge in [0, 0.05) is 19.6 Å². The highest BCUT2D eigenvalue weighted by molar-refractivity contribution is 5.24. The van der Waals surface area contributed by atoms with Crippen LogP contribution in [0.2, 0.25) is 0 Å². The third kappa shape index (κ3) is 3.06. The summed E-state index contributed by atoms with van der Waals surface area (Å²) in [6.07, 6.45) is 0. The topological polar surface area (TPSA) is 24.5 Å². The Labute approximate surface area is 104 Å². The third-order valence-corrected chi connectivity index (χ3v) is 3.61. The molecule has 1 aromatic rings. The SMILES string of the molecule is CN[C@](C)(CN1CCOCC1)c1ccccc1. The fourth-order valence-electron chi connectivity index (χ4n) is 2.33. The van der Waals surface area contributed by atoms with Crippen molar-refractivity contribution in [3.8, 4) is 0 Å². The lowest BCUT2D eigenvalue weighted by Crippen LogP contribution is -2.50. The molecule has 1 aliphatic rings. The van der Waals surface area contributed by atoms with Crippen molar-refractivity contribution < 1.29 is 4.74 Å². The molecule has 1 aromatic carbocycles. The summed E-state index contributed by atoms with van der Waals surface area (Å²) in [5.74, 6) is 0. The number of hydrogen-bond acceptors (Lipinski definition) is 3. The molecule has 1 fully saturated rings. The van der Waals surface area contributed by atoms with Crippen molar-refractivity contribution >= 4 is 0 Å². The summed E-state index contributed by atoms with van der Waals surface area (Å²) in [7, 11) is 2.04. The van der Waals surface area contributed by atoms with E-state index in [-0.39, 0.29) is 5.54 Å². The van der Waals surface area contributed by atoms with E-state index >= 15 is 0 Å². The first-order chi connectivity index (χ1) is 8.24. The quantitative estimate of drug-likeness (QED) is 0.853. The Kier molecular flexibility index (Phi) is 4.15. The zero-order valence-corrected chi connectivity index (χ0v) is 10.8. The zero-order valence-electron chi connectivity index (χ0n) is 10.8. The number of nitrogens with one attached hydrogen (secondary N) is 1. The fraction of sp³-hybridized carbons (Fsp3) is 0.571. The highest BCUT2D eigenvalue weighted by Crippen LogP contribution is 2.21. The van der Waals surface area contributed by atoms with Crippen LogP contribution in [-0.4, -0.2) is 44.8 Å². The summed E-state index contributed by atoms with van der Waals surface area (Å²) in [5.41, 5.74) is 1.35. The molecule has 1 saturated heterocycles. The van der Waals surface area contributed by atoms with E-state index in [1.54, 1.807) is 0 Å². The van der Waals surface area contributed by atoms with Gasteiger partial charge in [-0.1, -0.05) is 30.3 Å². The van der Waals surface area contributed by atoms with E-state index < -0.39 is 0 Å². The number of likely N-dealkylation sites (N-methyl/N-ethyl adjacent to an activating group) is 1. The van der Waals surface area contributed by atoms with Gasteiger partial charge in [0.05, 0.1) is 18.8 Å². The maximum Gasteiger partial charge on any atom is 0.0594 e. The van der Waals surface area contributed by atoms with Gasteiger partial charge in [0.25, 0.3) is 0 Å². The predicted octanol–water partition coefficient (Wildman–Crippen LogP) is 1.45. The summed E-state index contributed by atoms with van der Waals surface area (Å²) in [5, 5.41) is 3.46. The molecule has 0 radical (unpaired) electrons. The molecule has 0 spiro atoms. The van der Waals surface area contributed by atoms with E-state index in [1.807, 2.05) is 7.05 Å². The third-order valence-electron chi connectivity index (χ3n) is 3.61. The van der Waals surface area contributed by atoms with Crippen LogP contribution in [0.15, 0.2) is 30.3 Å². The number of morpholine rings is 1. The van der Waals surface area contributed by atoms with Gasteiger partial charge < -0.3 is 10.1 Å². The Hall–Kier alpha value is -0.900. The molecule has 0 aromatic heterocycles. The zero-order chi connectivity index (χ0) is 12.1. The van der Waals surface area contributed by atoms with Crippen molar-refractivity contribution in [3.05, 3.63) is 35.9 Å². The fourth-order valence-corrected chi connectivity index (χ4v) is 2.33. The smallest absolute Gasteiger partial charge is 0.0594 e. The first-order valence-electron chi connectivity index (χ1n) is 6.29. The lowest BCUT2D eigenvalue weighted by molar-refractivity contribution is 0.0256. The Balaban J connectivity index is 2.08. The minimum Gasteiger partial charge on any atom is -0.379 e. The molecular weight excluding hydrogens is 212 g/mol. The molecule has 0 unspecified atom stereocenters. The molecule has 0 bridgehead atoms. The van der Waals surface area contributed by atoms with Crippen LogP contribution >= 0.6 is 0 Å². The van der Waals surface area contributed by atoms with Gasteiger partial charge in [0.2, 0.25) is 0 Å². The van der Waals surface area contributed by atoms with Gasteiger partial charge in [-0.15, -0.1) is 0 Å². The molecule has 1 aliphatic heterocycles. The first-order valence-corrected chi connectivity index (χ1v) is 6.29. The summed E-state index contributed by atoms with van der Waals surface area (Å²) >= 11 is 0. The van der Waals surface area contributed by atoms with Gasteiger partial charge in [0.15, 0.2) is 0 Å². The highest BCUT2D eigenvalue weighted by atomic mass is 16.5. The Morgan fingerprint density at radius 1 is 1.24 bits per heavy atom. The number of benzene rings is 1. The van der Waals surface area contributed by atoms with Crippen molar-refractivity contribution in [3.63, 3.8) is 0 Å². The van der Waals surface area contributed by atoms with Crippen molar-refractivity contribution in [2.24, 2.45) is 0 Å². The molecule has 1 atom stereocenters. The van der Waals surface area contributed by atoms with Crippen LogP contribution in [-0.2, 0) is 10.3 Å². The molecule has 1 heterocycles. The van der Waals surface area contributed by atoms with Gasteiger partial charge in [-0.05, 0) is 19.5 Å². The van der Waals surface area contributed by atoms with Crippen LogP contribution in [0.5, 0.6) is 0 Å². The van der Waals surface area contributed by atoms with E-state index in [0.717, 1.165) is 32.8 Å². The van der Waals surface area contributed by atoms with Crippen molar-refractivity contribution in [2.45, 2.75) is 12.5 Å². The molecule has 3 heteroatoms. The highest BCUT2D eigenvalue weighted by Gasteiger charge is 2.27. The van der Waals surface area contributed by atoms with Crippen LogP contribution in [0.25, 0.3) is 0 Å². The van der Waals surface area contributed by atoms with E-state index in [0.29, 0.717) is 0 Å². The Morgan fingerprint density at radius 2 is 1.88 bits per heavy atom. The monoisotopic (exact) mass is 234 g/mol. The van der Waals surface area contributed by atoms with Crippen molar-refractivity contribution in [1.29, 1.82) is 0 Å².